The highest BCUT2D eigenvalue weighted by Gasteiger charge is 2.32. The lowest BCUT2D eigenvalue weighted by atomic mass is 10.1. The van der Waals surface area contributed by atoms with Crippen molar-refractivity contribution in [3.63, 3.8) is 0 Å². The minimum absolute atomic E-state index is 0.0440. The van der Waals surface area contributed by atoms with Crippen LogP contribution in [0, 0.1) is 6.92 Å². The molecule has 1 saturated heterocycles. The number of nitrogens with zero attached hydrogens (tertiary/aromatic N) is 3. The second kappa shape index (κ2) is 10.2. The average Bonchev–Trinajstić information content (AvgIpc) is 3.49. The fourth-order valence-electron chi connectivity index (χ4n) is 4.19. The minimum Gasteiger partial charge on any atom is -0.348 e. The molecule has 3 aromatic carbocycles. The van der Waals surface area contributed by atoms with Crippen LogP contribution in [0.2, 0.25) is 0 Å². The lowest BCUT2D eigenvalue weighted by Crippen LogP contribution is -2.27. The van der Waals surface area contributed by atoms with Crippen LogP contribution < -0.4 is 5.32 Å². The molecule has 1 N–H and O–H groups in total. The van der Waals surface area contributed by atoms with Gasteiger partial charge in [0.15, 0.2) is 0 Å². The van der Waals surface area contributed by atoms with Crippen molar-refractivity contribution in [1.29, 1.82) is 0 Å². The molecular weight excluding hydrogens is 456 g/mol. The third-order valence-electron chi connectivity index (χ3n) is 6.12. The number of thioether (sulfide) groups is 1. The Bertz CT molecular complexity index is 1320. The van der Waals surface area contributed by atoms with Crippen LogP contribution in [0.1, 0.15) is 38.2 Å². The van der Waals surface area contributed by atoms with E-state index in [0.29, 0.717) is 24.4 Å². The van der Waals surface area contributed by atoms with Gasteiger partial charge in [-0.25, -0.2) is 4.98 Å². The Balaban J connectivity index is 1.20. The zero-order valence-corrected chi connectivity index (χ0v) is 20.2. The lowest BCUT2D eigenvalue weighted by molar-refractivity contribution is -0.128. The molecule has 7 heteroatoms. The molecule has 0 aliphatic carbocycles. The number of benzene rings is 3. The van der Waals surface area contributed by atoms with Crippen molar-refractivity contribution in [1.82, 2.24) is 19.8 Å². The first kappa shape index (κ1) is 22.9. The summed E-state index contributed by atoms with van der Waals surface area (Å²) in [5.41, 5.74) is 4.80. The lowest BCUT2D eigenvalue weighted by Gasteiger charge is -2.24. The molecule has 1 aromatic heterocycles. The van der Waals surface area contributed by atoms with Crippen molar-refractivity contribution in [2.45, 2.75) is 25.4 Å². The Morgan fingerprint density at radius 3 is 2.43 bits per heavy atom. The molecule has 0 spiro atoms. The van der Waals surface area contributed by atoms with Crippen molar-refractivity contribution >= 4 is 23.6 Å². The van der Waals surface area contributed by atoms with Crippen LogP contribution in [-0.2, 0) is 17.9 Å². The SMILES string of the molecule is Cc1nccn1-c1ccc(CNC(=O)c2ccc([C@H]3SCC(=O)N3Cc3ccccc3)cc2)cc1. The van der Waals surface area contributed by atoms with E-state index in [9.17, 15) is 9.59 Å². The van der Waals surface area contributed by atoms with Crippen molar-refractivity contribution in [2.75, 3.05) is 5.75 Å². The van der Waals surface area contributed by atoms with Gasteiger partial charge in [0, 0.05) is 36.7 Å². The molecule has 0 radical (unpaired) electrons. The second-order valence-electron chi connectivity index (χ2n) is 8.49. The van der Waals surface area contributed by atoms with Crippen LogP contribution in [0.15, 0.2) is 91.3 Å². The number of rotatable bonds is 7. The summed E-state index contributed by atoms with van der Waals surface area (Å²) in [4.78, 5) is 31.4. The third kappa shape index (κ3) is 5.15. The summed E-state index contributed by atoms with van der Waals surface area (Å²) in [6.45, 7) is 2.99. The Labute approximate surface area is 209 Å². The highest BCUT2D eigenvalue weighted by molar-refractivity contribution is 8.00. The monoisotopic (exact) mass is 482 g/mol. The molecule has 35 heavy (non-hydrogen) atoms. The van der Waals surface area contributed by atoms with Gasteiger partial charge in [-0.15, -0.1) is 11.8 Å². The number of carbonyl (C=O) groups is 2. The van der Waals surface area contributed by atoms with Gasteiger partial charge in [-0.1, -0.05) is 54.6 Å². The molecular formula is C28H26N4O2S. The largest absolute Gasteiger partial charge is 0.348 e. The molecule has 0 bridgehead atoms. The molecule has 1 fully saturated rings. The van der Waals surface area contributed by atoms with E-state index >= 15 is 0 Å². The van der Waals surface area contributed by atoms with Crippen LogP contribution in [0.4, 0.5) is 0 Å². The van der Waals surface area contributed by atoms with Gasteiger partial charge in [-0.3, -0.25) is 9.59 Å². The van der Waals surface area contributed by atoms with Gasteiger partial charge >= 0.3 is 0 Å². The second-order valence-corrected chi connectivity index (χ2v) is 9.55. The number of carbonyl (C=O) groups excluding carboxylic acids is 2. The average molecular weight is 483 g/mol. The quantitative estimate of drug-likeness (QED) is 0.408. The van der Waals surface area contributed by atoms with E-state index < -0.39 is 0 Å². The summed E-state index contributed by atoms with van der Waals surface area (Å²) in [6.07, 6.45) is 3.70. The predicted octanol–water partition coefficient (Wildman–Crippen LogP) is 4.88. The van der Waals surface area contributed by atoms with Crippen molar-refractivity contribution in [2.24, 2.45) is 0 Å². The van der Waals surface area contributed by atoms with Crippen LogP contribution >= 0.6 is 11.8 Å². The number of amides is 2. The smallest absolute Gasteiger partial charge is 0.251 e. The Morgan fingerprint density at radius 1 is 1.00 bits per heavy atom. The molecule has 6 nitrogen and oxygen atoms in total. The predicted molar refractivity (Wildman–Crippen MR) is 138 cm³/mol. The van der Waals surface area contributed by atoms with Crippen LogP contribution in [-0.4, -0.2) is 32.0 Å². The van der Waals surface area contributed by atoms with E-state index in [2.05, 4.69) is 10.3 Å². The fourth-order valence-corrected chi connectivity index (χ4v) is 5.38. The summed E-state index contributed by atoms with van der Waals surface area (Å²) in [5, 5.41) is 2.95. The maximum absolute atomic E-state index is 12.7. The number of aryl methyl sites for hydroxylation is 1. The molecule has 176 valence electrons. The molecule has 2 heterocycles. The van der Waals surface area contributed by atoms with Gasteiger partial charge in [0.2, 0.25) is 5.91 Å². The summed E-state index contributed by atoms with van der Waals surface area (Å²) in [5.74, 6) is 1.42. The topological polar surface area (TPSA) is 67.2 Å². The molecule has 4 aromatic rings. The van der Waals surface area contributed by atoms with Crippen LogP contribution in [0.3, 0.4) is 0 Å². The molecule has 1 atom stereocenters. The maximum atomic E-state index is 12.7. The van der Waals surface area contributed by atoms with Crippen LogP contribution in [0.25, 0.3) is 5.69 Å². The van der Waals surface area contributed by atoms with Gasteiger partial charge in [0.25, 0.3) is 5.91 Å². The molecule has 1 aliphatic rings. The van der Waals surface area contributed by atoms with E-state index in [1.807, 2.05) is 101 Å². The Morgan fingerprint density at radius 2 is 1.74 bits per heavy atom. The summed E-state index contributed by atoms with van der Waals surface area (Å²) in [6, 6.07) is 25.6. The number of nitrogens with one attached hydrogen (secondary N) is 1. The first-order valence-corrected chi connectivity index (χ1v) is 12.6. The van der Waals surface area contributed by atoms with Gasteiger partial charge in [-0.05, 0) is 47.9 Å². The molecule has 0 unspecified atom stereocenters. The van der Waals surface area contributed by atoms with Crippen molar-refractivity contribution < 1.29 is 9.59 Å². The molecule has 2 amide bonds. The summed E-state index contributed by atoms with van der Waals surface area (Å²) < 4.78 is 2.01. The van der Waals surface area contributed by atoms with E-state index in [0.717, 1.165) is 28.2 Å². The summed E-state index contributed by atoms with van der Waals surface area (Å²) >= 11 is 1.62. The number of hydrogen-bond donors (Lipinski definition) is 1. The van der Waals surface area contributed by atoms with Gasteiger partial charge in [-0.2, -0.15) is 0 Å². The number of aromatic nitrogens is 2. The van der Waals surface area contributed by atoms with Crippen molar-refractivity contribution in [3.05, 3.63) is 119 Å². The minimum atomic E-state index is -0.123. The standard InChI is InChI=1S/C28H26N4O2S/c1-20-29-15-16-31(20)25-13-7-21(8-14-25)17-30-27(34)23-9-11-24(12-10-23)28-32(26(33)19-35-28)18-22-5-3-2-4-6-22/h2-16,28H,17-19H2,1H3,(H,30,34)/t28-/m1/s1. The molecule has 5 rings (SSSR count). The van der Waals surface area contributed by atoms with E-state index in [4.69, 9.17) is 0 Å². The first-order valence-electron chi connectivity index (χ1n) is 11.5. The third-order valence-corrected chi connectivity index (χ3v) is 7.37. The van der Waals surface area contributed by atoms with Gasteiger partial charge < -0.3 is 14.8 Å². The van der Waals surface area contributed by atoms with Gasteiger partial charge in [0.05, 0.1) is 5.75 Å². The zero-order valence-electron chi connectivity index (χ0n) is 19.4. The number of hydrogen-bond acceptors (Lipinski definition) is 4. The Hall–Kier alpha value is -3.84. The number of imidazole rings is 1. The summed E-state index contributed by atoms with van der Waals surface area (Å²) in [7, 11) is 0. The molecule has 0 saturated carbocycles. The van der Waals surface area contributed by atoms with E-state index in [1.165, 1.54) is 0 Å². The zero-order chi connectivity index (χ0) is 24.2. The van der Waals surface area contributed by atoms with Gasteiger partial charge in [0.1, 0.15) is 11.2 Å². The highest BCUT2D eigenvalue weighted by Crippen LogP contribution is 2.39. The Kier molecular flexibility index (Phi) is 6.68. The van der Waals surface area contributed by atoms with Crippen LogP contribution in [0.5, 0.6) is 0 Å². The highest BCUT2D eigenvalue weighted by atomic mass is 32.2. The van der Waals surface area contributed by atoms with E-state index in [-0.39, 0.29) is 17.2 Å². The fraction of sp³-hybridized carbons (Fsp3) is 0.179. The van der Waals surface area contributed by atoms with Crippen molar-refractivity contribution in [3.8, 4) is 5.69 Å². The maximum Gasteiger partial charge on any atom is 0.251 e. The normalized spacial score (nSPS) is 15.4. The van der Waals surface area contributed by atoms with E-state index in [1.54, 1.807) is 18.0 Å². The molecule has 1 aliphatic heterocycles. The first-order chi connectivity index (χ1) is 17.1.